The van der Waals surface area contributed by atoms with Gasteiger partial charge < -0.3 is 10.0 Å². The molecule has 0 aliphatic carbocycles. The standard InChI is InChI=1S/C14H19FN2O/c1-17-12-2-3-13(17)6-9(5-12)14(18)10-4-11(15)8-16-7-10/h4,7-9,12-14,18H,2-3,5-6H2,1H3. The highest BCUT2D eigenvalue weighted by atomic mass is 19.1. The summed E-state index contributed by atoms with van der Waals surface area (Å²) in [5.41, 5.74) is 0.615. The Morgan fingerprint density at radius 2 is 2.00 bits per heavy atom. The molecule has 1 N–H and O–H groups in total. The highest BCUT2D eigenvalue weighted by Crippen LogP contribution is 2.42. The minimum Gasteiger partial charge on any atom is -0.388 e. The molecular formula is C14H19FN2O. The van der Waals surface area contributed by atoms with Crippen molar-refractivity contribution in [2.75, 3.05) is 7.05 Å². The second-order valence-electron chi connectivity index (χ2n) is 5.66. The van der Waals surface area contributed by atoms with E-state index in [-0.39, 0.29) is 11.7 Å². The minimum atomic E-state index is -0.579. The predicted octanol–water partition coefficient (Wildman–Crippen LogP) is 2.13. The van der Waals surface area contributed by atoms with Crippen LogP contribution in [0.5, 0.6) is 0 Å². The lowest BCUT2D eigenvalue weighted by molar-refractivity contribution is 0.0353. The van der Waals surface area contributed by atoms with E-state index in [1.807, 2.05) is 0 Å². The first-order chi connectivity index (χ1) is 8.65. The van der Waals surface area contributed by atoms with Gasteiger partial charge in [-0.1, -0.05) is 0 Å². The number of hydrogen-bond acceptors (Lipinski definition) is 3. The second kappa shape index (κ2) is 4.59. The van der Waals surface area contributed by atoms with Crippen LogP contribution in [0.15, 0.2) is 18.5 Å². The van der Waals surface area contributed by atoms with Gasteiger partial charge in [-0.05, 0) is 44.7 Å². The van der Waals surface area contributed by atoms with E-state index in [1.54, 1.807) is 6.20 Å². The summed E-state index contributed by atoms with van der Waals surface area (Å²) in [5.74, 6) is -0.134. The Bertz CT molecular complexity index is 426. The van der Waals surface area contributed by atoms with Gasteiger partial charge >= 0.3 is 0 Å². The van der Waals surface area contributed by atoms with Gasteiger partial charge in [0.2, 0.25) is 0 Å². The van der Waals surface area contributed by atoms with Crippen molar-refractivity contribution in [3.63, 3.8) is 0 Å². The van der Waals surface area contributed by atoms with E-state index in [9.17, 15) is 9.50 Å². The third-order valence-corrected chi connectivity index (χ3v) is 4.65. The van der Waals surface area contributed by atoms with Crippen molar-refractivity contribution in [2.24, 2.45) is 5.92 Å². The number of hydrogen-bond donors (Lipinski definition) is 1. The predicted molar refractivity (Wildman–Crippen MR) is 66.5 cm³/mol. The Hall–Kier alpha value is -1.00. The van der Waals surface area contributed by atoms with Crippen molar-refractivity contribution in [1.82, 2.24) is 9.88 Å². The molecule has 0 aromatic carbocycles. The Kier molecular flexibility index (Phi) is 3.08. The van der Waals surface area contributed by atoms with Crippen LogP contribution in [0.4, 0.5) is 4.39 Å². The Morgan fingerprint density at radius 3 is 2.61 bits per heavy atom. The number of piperidine rings is 1. The summed E-state index contributed by atoms with van der Waals surface area (Å²) in [7, 11) is 2.18. The maximum atomic E-state index is 13.1. The molecule has 2 aliphatic rings. The number of aromatic nitrogens is 1. The molecule has 18 heavy (non-hydrogen) atoms. The summed E-state index contributed by atoms with van der Waals surface area (Å²) in [4.78, 5) is 6.26. The van der Waals surface area contributed by atoms with E-state index >= 15 is 0 Å². The molecule has 0 saturated carbocycles. The van der Waals surface area contributed by atoms with Gasteiger partial charge in [0.1, 0.15) is 5.82 Å². The van der Waals surface area contributed by atoms with Gasteiger partial charge in [-0.3, -0.25) is 4.98 Å². The smallest absolute Gasteiger partial charge is 0.141 e. The fourth-order valence-corrected chi connectivity index (χ4v) is 3.57. The van der Waals surface area contributed by atoms with Crippen molar-refractivity contribution in [3.8, 4) is 0 Å². The van der Waals surface area contributed by atoms with E-state index in [4.69, 9.17) is 0 Å². The van der Waals surface area contributed by atoms with Crippen LogP contribution in [0.1, 0.15) is 37.4 Å². The Balaban J connectivity index is 1.76. The van der Waals surface area contributed by atoms with E-state index in [0.717, 1.165) is 12.8 Å². The number of nitrogens with zero attached hydrogens (tertiary/aromatic N) is 2. The largest absolute Gasteiger partial charge is 0.388 e. The average molecular weight is 250 g/mol. The first kappa shape index (κ1) is 12.1. The first-order valence-corrected chi connectivity index (χ1v) is 6.65. The maximum absolute atomic E-state index is 13.1. The van der Waals surface area contributed by atoms with Crippen LogP contribution >= 0.6 is 0 Å². The quantitative estimate of drug-likeness (QED) is 0.873. The number of aliphatic hydroxyl groups excluding tert-OH is 1. The van der Waals surface area contributed by atoms with Crippen LogP contribution in [0, 0.1) is 11.7 Å². The van der Waals surface area contributed by atoms with Crippen molar-refractivity contribution in [2.45, 2.75) is 43.9 Å². The van der Waals surface area contributed by atoms with E-state index in [2.05, 4.69) is 16.9 Å². The third kappa shape index (κ3) is 2.04. The van der Waals surface area contributed by atoms with Gasteiger partial charge in [0.05, 0.1) is 12.3 Å². The van der Waals surface area contributed by atoms with Crippen LogP contribution in [0.3, 0.4) is 0 Å². The van der Waals surface area contributed by atoms with Gasteiger partial charge in [0, 0.05) is 23.8 Å². The highest BCUT2D eigenvalue weighted by Gasteiger charge is 2.40. The van der Waals surface area contributed by atoms with Crippen LogP contribution in [-0.2, 0) is 0 Å². The number of pyridine rings is 1. The molecule has 3 nitrogen and oxygen atoms in total. The summed E-state index contributed by atoms with van der Waals surface area (Å²) in [6.07, 6.45) is 6.64. The molecule has 2 saturated heterocycles. The van der Waals surface area contributed by atoms with Crippen LogP contribution in [0.2, 0.25) is 0 Å². The van der Waals surface area contributed by atoms with Gasteiger partial charge in [-0.2, -0.15) is 0 Å². The Labute approximate surface area is 107 Å². The molecule has 0 radical (unpaired) electrons. The molecule has 98 valence electrons. The summed E-state index contributed by atoms with van der Waals surface area (Å²) >= 11 is 0. The molecule has 3 rings (SSSR count). The molecule has 0 spiro atoms. The second-order valence-corrected chi connectivity index (χ2v) is 5.66. The van der Waals surface area contributed by atoms with Crippen molar-refractivity contribution in [3.05, 3.63) is 29.8 Å². The molecule has 1 aromatic heterocycles. The van der Waals surface area contributed by atoms with Crippen LogP contribution in [0.25, 0.3) is 0 Å². The van der Waals surface area contributed by atoms with E-state index < -0.39 is 6.10 Å². The third-order valence-electron chi connectivity index (χ3n) is 4.65. The number of halogens is 1. The normalized spacial score (nSPS) is 33.6. The lowest BCUT2D eigenvalue weighted by Gasteiger charge is -2.38. The Morgan fingerprint density at radius 1 is 1.33 bits per heavy atom. The summed E-state index contributed by atoms with van der Waals surface area (Å²) in [5, 5.41) is 10.4. The minimum absolute atomic E-state index is 0.238. The summed E-state index contributed by atoms with van der Waals surface area (Å²) in [6.45, 7) is 0. The fraction of sp³-hybridized carbons (Fsp3) is 0.643. The van der Waals surface area contributed by atoms with Crippen molar-refractivity contribution >= 4 is 0 Å². The average Bonchev–Trinajstić information content (AvgIpc) is 2.61. The molecule has 4 heteroatoms. The lowest BCUT2D eigenvalue weighted by Crippen LogP contribution is -2.41. The first-order valence-electron chi connectivity index (χ1n) is 6.65. The van der Waals surface area contributed by atoms with E-state index in [1.165, 1.54) is 25.1 Å². The van der Waals surface area contributed by atoms with Crippen LogP contribution in [-0.4, -0.2) is 34.1 Å². The fourth-order valence-electron chi connectivity index (χ4n) is 3.57. The van der Waals surface area contributed by atoms with Crippen molar-refractivity contribution in [1.29, 1.82) is 0 Å². The molecule has 1 aromatic rings. The van der Waals surface area contributed by atoms with E-state index in [0.29, 0.717) is 17.6 Å². The molecular weight excluding hydrogens is 231 g/mol. The number of aliphatic hydroxyl groups is 1. The zero-order valence-corrected chi connectivity index (χ0v) is 10.6. The number of fused-ring (bicyclic) bond motifs is 2. The van der Waals surface area contributed by atoms with Gasteiger partial charge in [0.15, 0.2) is 0 Å². The molecule has 0 amide bonds. The number of rotatable bonds is 2. The molecule has 2 bridgehead atoms. The zero-order chi connectivity index (χ0) is 12.7. The summed E-state index contributed by atoms with van der Waals surface area (Å²) < 4.78 is 13.1. The lowest BCUT2D eigenvalue weighted by atomic mass is 9.84. The SMILES string of the molecule is CN1C2CCC1CC(C(O)c1cncc(F)c1)C2. The van der Waals surface area contributed by atoms with Gasteiger partial charge in [0.25, 0.3) is 0 Å². The molecule has 3 atom stereocenters. The molecule has 2 aliphatic heterocycles. The van der Waals surface area contributed by atoms with Crippen molar-refractivity contribution < 1.29 is 9.50 Å². The highest BCUT2D eigenvalue weighted by molar-refractivity contribution is 5.15. The van der Waals surface area contributed by atoms with Gasteiger partial charge in [-0.15, -0.1) is 0 Å². The van der Waals surface area contributed by atoms with Crippen LogP contribution < -0.4 is 0 Å². The maximum Gasteiger partial charge on any atom is 0.141 e. The topological polar surface area (TPSA) is 36.4 Å². The molecule has 3 unspecified atom stereocenters. The molecule has 3 heterocycles. The monoisotopic (exact) mass is 250 g/mol. The molecule has 2 fully saturated rings. The van der Waals surface area contributed by atoms with Gasteiger partial charge in [-0.25, -0.2) is 4.39 Å². The zero-order valence-electron chi connectivity index (χ0n) is 10.6. The summed E-state index contributed by atoms with van der Waals surface area (Å²) in [6, 6.07) is 2.58.